The van der Waals surface area contributed by atoms with Crippen LogP contribution in [0, 0.1) is 0 Å². The zero-order valence-corrected chi connectivity index (χ0v) is 46.2. The van der Waals surface area contributed by atoms with E-state index in [9.17, 15) is 0 Å². The largest absolute Gasteiger partial charge is 0.458 e. The number of aromatic nitrogens is 2. The molecule has 372 valence electrons. The first kappa shape index (κ1) is 46.6. The van der Waals surface area contributed by atoms with E-state index in [1.54, 1.807) is 0 Å². The predicted octanol–water partition coefficient (Wildman–Crippen LogP) is 16.1. The average Bonchev–Trinajstić information content (AvgIpc) is 3.91. The highest BCUT2D eigenvalue weighted by molar-refractivity contribution is 6.89. The summed E-state index contributed by atoms with van der Waals surface area (Å²) in [5.41, 5.74) is 23.2. The highest BCUT2D eigenvalue weighted by Gasteiger charge is 2.45. The molecule has 0 N–H and O–H groups in total. The Labute approximate surface area is 444 Å². The van der Waals surface area contributed by atoms with Gasteiger partial charge in [-0.15, -0.1) is 0 Å². The van der Waals surface area contributed by atoms with E-state index < -0.39 is 0 Å². The van der Waals surface area contributed by atoms with Crippen molar-refractivity contribution in [2.45, 2.75) is 137 Å². The molecule has 6 heterocycles. The lowest BCUT2D eigenvalue weighted by atomic mass is 9.45. The van der Waals surface area contributed by atoms with Crippen molar-refractivity contribution in [3.8, 4) is 45.3 Å². The Bertz CT molecular complexity index is 4120. The Hall–Kier alpha value is -6.91. The standard InChI is InChI=1S/C69H68B2N2O2/c1-38(2)41-22-25-58-48(28-41)52-30-43(40(5)6)32-53-49-33-45(67(7,8)9)36-61-63(49)71(73(58)66(52)53)56-24-23-44(35-60(56)75-61)68(10,11)26-27-69(12,13)46-34-50-54-31-42(39(3)4)29-51-47-18-14-16-20-57(47)72(65(51)54)70-55-19-15-17-21-59(55)74-62(37-46)64(50)70/h14-25,28-40H,26-27H2,1-13H3. The molecule has 0 unspecified atom stereocenters. The average molecular weight is 979 g/mol. The molecule has 0 bridgehead atoms. The van der Waals surface area contributed by atoms with E-state index in [4.69, 9.17) is 9.47 Å². The molecule has 0 aliphatic carbocycles. The van der Waals surface area contributed by atoms with E-state index >= 15 is 0 Å². The molecule has 0 radical (unpaired) electrons. The van der Waals surface area contributed by atoms with E-state index in [1.807, 2.05) is 0 Å². The van der Waals surface area contributed by atoms with Gasteiger partial charge in [0, 0.05) is 65.7 Å². The van der Waals surface area contributed by atoms with Crippen molar-refractivity contribution < 1.29 is 9.47 Å². The zero-order valence-electron chi connectivity index (χ0n) is 46.2. The zero-order chi connectivity index (χ0) is 51.9. The Kier molecular flexibility index (Phi) is 9.83. The Balaban J connectivity index is 0.868. The van der Waals surface area contributed by atoms with Crippen molar-refractivity contribution in [1.29, 1.82) is 0 Å². The van der Waals surface area contributed by atoms with E-state index in [0.29, 0.717) is 17.8 Å². The molecule has 0 atom stereocenters. The topological polar surface area (TPSA) is 28.3 Å². The number of nitrogens with zero attached hydrogens (tertiary/aromatic N) is 2. The summed E-state index contributed by atoms with van der Waals surface area (Å²) in [6.45, 7) is 30.7. The van der Waals surface area contributed by atoms with Crippen molar-refractivity contribution in [3.63, 3.8) is 0 Å². The van der Waals surface area contributed by atoms with E-state index in [-0.39, 0.29) is 29.9 Å². The molecule has 6 heteroatoms. The molecule has 4 aliphatic rings. The second kappa shape index (κ2) is 15.8. The maximum Gasteiger partial charge on any atom is 0.336 e. The minimum absolute atomic E-state index is 0.0155. The Morgan fingerprint density at radius 3 is 1.52 bits per heavy atom. The van der Waals surface area contributed by atoms with Gasteiger partial charge in [-0.05, 0) is 169 Å². The third-order valence-corrected chi connectivity index (χ3v) is 18.5. The van der Waals surface area contributed by atoms with Gasteiger partial charge in [-0.1, -0.05) is 157 Å². The van der Waals surface area contributed by atoms with Crippen molar-refractivity contribution in [1.82, 2.24) is 8.96 Å². The SMILES string of the molecule is CC(C)c1ccc2c(c1)c1cc(C(C)C)cc3c1n2B1c2ccc(C(C)(C)CCC(C)(C)c4cc5c6c(c4)-c4cc(C(C)C)cc7c8ccccc8n(c47)B6c4ccccc4O5)cc2Oc2cc(C(C)(C)C)cc-3c21. The fourth-order valence-corrected chi connectivity index (χ4v) is 13.7. The summed E-state index contributed by atoms with van der Waals surface area (Å²) in [4.78, 5) is 0. The number of fused-ring (bicyclic) bond motifs is 14. The quantitative estimate of drug-likeness (QED) is 0.142. The van der Waals surface area contributed by atoms with E-state index in [0.717, 1.165) is 35.8 Å². The Morgan fingerprint density at radius 2 is 0.893 bits per heavy atom. The van der Waals surface area contributed by atoms with Crippen LogP contribution in [0.3, 0.4) is 0 Å². The molecule has 8 aromatic carbocycles. The molecule has 75 heavy (non-hydrogen) atoms. The minimum atomic E-state index is -0.165. The van der Waals surface area contributed by atoms with Crippen LogP contribution in [0.2, 0.25) is 0 Å². The van der Waals surface area contributed by atoms with Gasteiger partial charge in [0.25, 0.3) is 0 Å². The summed E-state index contributed by atoms with van der Waals surface area (Å²) < 4.78 is 19.6. The molecule has 4 nitrogen and oxygen atoms in total. The summed E-state index contributed by atoms with van der Waals surface area (Å²) in [5, 5.41) is 5.35. The highest BCUT2D eigenvalue weighted by atomic mass is 16.5. The summed E-state index contributed by atoms with van der Waals surface area (Å²) in [6, 6.07) is 51.8. The van der Waals surface area contributed by atoms with Crippen LogP contribution in [-0.4, -0.2) is 22.7 Å². The highest BCUT2D eigenvalue weighted by Crippen LogP contribution is 2.49. The molecular weight excluding hydrogens is 910 g/mol. The lowest BCUT2D eigenvalue weighted by molar-refractivity contribution is 0.372. The second-order valence-corrected chi connectivity index (χ2v) is 26.1. The Morgan fingerprint density at radius 1 is 0.400 bits per heavy atom. The number of hydrogen-bond donors (Lipinski definition) is 0. The van der Waals surface area contributed by atoms with Gasteiger partial charge in [-0.25, -0.2) is 0 Å². The molecule has 0 fully saturated rings. The molecule has 14 rings (SSSR count). The number of para-hydroxylation sites is 2. The maximum atomic E-state index is 7.32. The summed E-state index contributed by atoms with van der Waals surface area (Å²) >= 11 is 0. The van der Waals surface area contributed by atoms with Gasteiger partial charge < -0.3 is 18.4 Å². The molecular formula is C69H68B2N2O2. The van der Waals surface area contributed by atoms with Crippen molar-refractivity contribution >= 4 is 79.2 Å². The van der Waals surface area contributed by atoms with Gasteiger partial charge in [0.2, 0.25) is 0 Å². The van der Waals surface area contributed by atoms with Gasteiger partial charge in [0.1, 0.15) is 23.0 Å². The lowest BCUT2D eigenvalue weighted by Gasteiger charge is -2.37. The third kappa shape index (κ3) is 6.69. The van der Waals surface area contributed by atoms with E-state index in [2.05, 4.69) is 232 Å². The molecule has 0 saturated heterocycles. The van der Waals surface area contributed by atoms with Crippen LogP contribution in [0.4, 0.5) is 0 Å². The van der Waals surface area contributed by atoms with E-state index in [1.165, 1.54) is 121 Å². The van der Waals surface area contributed by atoms with Gasteiger partial charge in [-0.3, -0.25) is 0 Å². The first-order valence-corrected chi connectivity index (χ1v) is 27.9. The molecule has 4 aliphatic heterocycles. The van der Waals surface area contributed by atoms with Crippen LogP contribution >= 0.6 is 0 Å². The van der Waals surface area contributed by atoms with Crippen LogP contribution in [0.5, 0.6) is 23.0 Å². The molecule has 0 saturated carbocycles. The molecule has 2 aromatic heterocycles. The number of rotatable bonds is 8. The molecule has 0 spiro atoms. The number of ether oxygens (including phenoxy) is 2. The summed E-state index contributed by atoms with van der Waals surface area (Å²) in [6.07, 6.45) is 1.98. The van der Waals surface area contributed by atoms with Crippen molar-refractivity contribution in [3.05, 3.63) is 167 Å². The normalized spacial score (nSPS) is 14.3. The van der Waals surface area contributed by atoms with Gasteiger partial charge in [-0.2, -0.15) is 0 Å². The number of hydrogen-bond acceptors (Lipinski definition) is 2. The van der Waals surface area contributed by atoms with Gasteiger partial charge in [0.15, 0.2) is 0 Å². The van der Waals surface area contributed by atoms with Gasteiger partial charge in [0.05, 0.1) is 0 Å². The van der Waals surface area contributed by atoms with Crippen LogP contribution in [0.1, 0.15) is 154 Å². The first-order valence-electron chi connectivity index (χ1n) is 27.9. The lowest BCUT2D eigenvalue weighted by Crippen LogP contribution is -2.54. The van der Waals surface area contributed by atoms with Crippen LogP contribution in [0.25, 0.3) is 65.9 Å². The smallest absolute Gasteiger partial charge is 0.336 e. The predicted molar refractivity (Wildman–Crippen MR) is 320 cm³/mol. The van der Waals surface area contributed by atoms with Crippen LogP contribution in [0.15, 0.2) is 133 Å². The summed E-state index contributed by atoms with van der Waals surface area (Å²) in [5.74, 6) is 5.11. The van der Waals surface area contributed by atoms with Crippen LogP contribution < -0.4 is 31.3 Å². The molecule has 0 amide bonds. The maximum absolute atomic E-state index is 7.32. The first-order chi connectivity index (χ1) is 35.8. The summed E-state index contributed by atoms with van der Waals surface area (Å²) in [7, 11) is 0. The minimum Gasteiger partial charge on any atom is -0.458 e. The van der Waals surface area contributed by atoms with Crippen LogP contribution in [-0.2, 0) is 16.2 Å². The number of benzene rings is 8. The van der Waals surface area contributed by atoms with Gasteiger partial charge >= 0.3 is 13.7 Å². The monoisotopic (exact) mass is 979 g/mol. The molecule has 10 aromatic rings. The van der Waals surface area contributed by atoms with Crippen molar-refractivity contribution in [2.75, 3.05) is 0 Å². The fraction of sp³-hybridized carbons (Fsp3) is 0.304. The fourth-order valence-electron chi connectivity index (χ4n) is 13.7. The third-order valence-electron chi connectivity index (χ3n) is 18.5. The van der Waals surface area contributed by atoms with Crippen molar-refractivity contribution in [2.24, 2.45) is 0 Å². The second-order valence-electron chi connectivity index (χ2n) is 26.1.